The van der Waals surface area contributed by atoms with Gasteiger partial charge in [-0.1, -0.05) is 5.16 Å². The molecule has 0 radical (unpaired) electrons. The third-order valence-corrected chi connectivity index (χ3v) is 1.30. The Labute approximate surface area is 81.6 Å². The molecule has 0 saturated heterocycles. The first kappa shape index (κ1) is 10.5. The SMILES string of the molecule is Cc1noc(CNC(=O)OC(C)C)n1. The Bertz CT molecular complexity index is 309. The Kier molecular flexibility index (Phi) is 3.44. The molecule has 1 aromatic rings. The first-order valence-corrected chi connectivity index (χ1v) is 4.31. The maximum atomic E-state index is 11.0. The Morgan fingerprint density at radius 3 is 2.86 bits per heavy atom. The number of nitrogens with one attached hydrogen (secondary N) is 1. The van der Waals surface area contributed by atoms with Crippen LogP contribution >= 0.6 is 0 Å². The minimum atomic E-state index is -0.490. The number of aromatic nitrogens is 2. The van der Waals surface area contributed by atoms with Crippen LogP contribution in [-0.4, -0.2) is 22.3 Å². The molecule has 6 nitrogen and oxygen atoms in total. The monoisotopic (exact) mass is 199 g/mol. The molecule has 0 aromatic carbocycles. The van der Waals surface area contributed by atoms with Gasteiger partial charge in [0.2, 0.25) is 5.89 Å². The summed E-state index contributed by atoms with van der Waals surface area (Å²) < 4.78 is 9.63. The van der Waals surface area contributed by atoms with Gasteiger partial charge in [0.25, 0.3) is 0 Å². The van der Waals surface area contributed by atoms with Crippen molar-refractivity contribution in [2.24, 2.45) is 0 Å². The number of alkyl carbamates (subject to hydrolysis) is 1. The van der Waals surface area contributed by atoms with E-state index in [9.17, 15) is 4.79 Å². The van der Waals surface area contributed by atoms with Crippen LogP contribution in [0, 0.1) is 6.92 Å². The van der Waals surface area contributed by atoms with E-state index in [1.165, 1.54) is 0 Å². The van der Waals surface area contributed by atoms with Crippen molar-refractivity contribution in [2.45, 2.75) is 33.4 Å². The van der Waals surface area contributed by atoms with E-state index in [-0.39, 0.29) is 12.6 Å². The first-order valence-electron chi connectivity index (χ1n) is 4.31. The highest BCUT2D eigenvalue weighted by Crippen LogP contribution is 1.95. The van der Waals surface area contributed by atoms with Crippen molar-refractivity contribution >= 4 is 6.09 Å². The molecule has 1 N–H and O–H groups in total. The molecule has 1 rings (SSSR count). The van der Waals surface area contributed by atoms with Crippen LogP contribution in [0.2, 0.25) is 0 Å². The Hall–Kier alpha value is -1.59. The molecule has 0 aliphatic carbocycles. The molecule has 0 unspecified atom stereocenters. The Morgan fingerprint density at radius 2 is 2.36 bits per heavy atom. The fourth-order valence-electron chi connectivity index (χ4n) is 0.815. The second-order valence-corrected chi connectivity index (χ2v) is 3.04. The fourth-order valence-corrected chi connectivity index (χ4v) is 0.815. The molecule has 0 saturated carbocycles. The van der Waals surface area contributed by atoms with Crippen LogP contribution in [0.1, 0.15) is 25.6 Å². The van der Waals surface area contributed by atoms with Crippen molar-refractivity contribution < 1.29 is 14.1 Å². The second-order valence-electron chi connectivity index (χ2n) is 3.04. The highest BCUT2D eigenvalue weighted by atomic mass is 16.6. The topological polar surface area (TPSA) is 77.2 Å². The Balaban J connectivity index is 2.30. The van der Waals surface area contributed by atoms with Crippen LogP contribution in [0.5, 0.6) is 0 Å². The van der Waals surface area contributed by atoms with Gasteiger partial charge in [0.05, 0.1) is 6.10 Å². The fraction of sp³-hybridized carbons (Fsp3) is 0.625. The third kappa shape index (κ3) is 3.42. The summed E-state index contributed by atoms with van der Waals surface area (Å²) in [5.74, 6) is 0.905. The van der Waals surface area contributed by atoms with Gasteiger partial charge < -0.3 is 14.6 Å². The number of hydrogen-bond acceptors (Lipinski definition) is 5. The quantitative estimate of drug-likeness (QED) is 0.786. The van der Waals surface area contributed by atoms with Gasteiger partial charge in [-0.3, -0.25) is 0 Å². The van der Waals surface area contributed by atoms with Gasteiger partial charge in [-0.25, -0.2) is 4.79 Å². The number of aryl methyl sites for hydroxylation is 1. The molecule has 0 atom stereocenters. The molecule has 1 amide bonds. The van der Waals surface area contributed by atoms with Crippen molar-refractivity contribution in [1.82, 2.24) is 15.5 Å². The molecular formula is C8H13N3O3. The highest BCUT2D eigenvalue weighted by Gasteiger charge is 2.07. The van der Waals surface area contributed by atoms with Gasteiger partial charge in [-0.2, -0.15) is 4.98 Å². The predicted octanol–water partition coefficient (Wildman–Crippen LogP) is 1.01. The Morgan fingerprint density at radius 1 is 1.64 bits per heavy atom. The zero-order valence-corrected chi connectivity index (χ0v) is 8.40. The highest BCUT2D eigenvalue weighted by molar-refractivity contribution is 5.67. The summed E-state index contributed by atoms with van der Waals surface area (Å²) >= 11 is 0. The second kappa shape index (κ2) is 4.59. The van der Waals surface area contributed by atoms with Crippen LogP contribution in [0.4, 0.5) is 4.79 Å². The van der Waals surface area contributed by atoms with E-state index in [1.54, 1.807) is 20.8 Å². The van der Waals surface area contributed by atoms with Gasteiger partial charge >= 0.3 is 6.09 Å². The molecule has 1 aromatic heterocycles. The molecule has 6 heteroatoms. The van der Waals surface area contributed by atoms with Crippen LogP contribution < -0.4 is 5.32 Å². The number of carbonyl (C=O) groups excluding carboxylic acids is 1. The normalized spacial score (nSPS) is 10.3. The van der Waals surface area contributed by atoms with Crippen molar-refractivity contribution in [3.63, 3.8) is 0 Å². The standard InChI is InChI=1S/C8H13N3O3/c1-5(2)13-8(12)9-4-7-10-6(3)11-14-7/h5H,4H2,1-3H3,(H,9,12). The summed E-state index contributed by atoms with van der Waals surface area (Å²) in [6, 6.07) is 0. The molecule has 0 aliphatic heterocycles. The van der Waals surface area contributed by atoms with Gasteiger partial charge in [-0.05, 0) is 20.8 Å². The van der Waals surface area contributed by atoms with Crippen molar-refractivity contribution in [1.29, 1.82) is 0 Å². The van der Waals surface area contributed by atoms with Crippen LogP contribution in [0.15, 0.2) is 4.52 Å². The van der Waals surface area contributed by atoms with E-state index in [0.717, 1.165) is 0 Å². The lowest BCUT2D eigenvalue weighted by Crippen LogP contribution is -2.26. The van der Waals surface area contributed by atoms with Crippen LogP contribution in [-0.2, 0) is 11.3 Å². The summed E-state index contributed by atoms with van der Waals surface area (Å²) in [6.07, 6.45) is -0.629. The average molecular weight is 199 g/mol. The van der Waals surface area contributed by atoms with Gasteiger partial charge in [-0.15, -0.1) is 0 Å². The number of ether oxygens (including phenoxy) is 1. The van der Waals surface area contributed by atoms with E-state index in [0.29, 0.717) is 11.7 Å². The largest absolute Gasteiger partial charge is 0.447 e. The van der Waals surface area contributed by atoms with Crippen LogP contribution in [0.3, 0.4) is 0 Å². The van der Waals surface area contributed by atoms with Crippen molar-refractivity contribution in [3.8, 4) is 0 Å². The lowest BCUT2D eigenvalue weighted by atomic mass is 10.5. The minimum absolute atomic E-state index is 0.139. The third-order valence-electron chi connectivity index (χ3n) is 1.30. The lowest BCUT2D eigenvalue weighted by Gasteiger charge is -2.07. The predicted molar refractivity (Wildman–Crippen MR) is 47.5 cm³/mol. The number of amides is 1. The molecule has 78 valence electrons. The van der Waals surface area contributed by atoms with Gasteiger partial charge in [0.15, 0.2) is 5.82 Å². The molecule has 14 heavy (non-hydrogen) atoms. The molecule has 1 heterocycles. The maximum absolute atomic E-state index is 11.0. The number of hydrogen-bond donors (Lipinski definition) is 1. The molecule has 0 aliphatic rings. The lowest BCUT2D eigenvalue weighted by molar-refractivity contribution is 0.114. The number of nitrogens with zero attached hydrogens (tertiary/aromatic N) is 2. The summed E-state index contributed by atoms with van der Waals surface area (Å²) in [5.41, 5.74) is 0. The molecular weight excluding hydrogens is 186 g/mol. The van der Waals surface area contributed by atoms with E-state index in [4.69, 9.17) is 9.26 Å². The zero-order valence-electron chi connectivity index (χ0n) is 8.40. The number of rotatable bonds is 3. The number of carbonyl (C=O) groups is 1. The zero-order chi connectivity index (χ0) is 10.6. The van der Waals surface area contributed by atoms with E-state index >= 15 is 0 Å². The first-order chi connectivity index (χ1) is 6.58. The van der Waals surface area contributed by atoms with Crippen molar-refractivity contribution in [2.75, 3.05) is 0 Å². The summed E-state index contributed by atoms with van der Waals surface area (Å²) in [5, 5.41) is 6.06. The van der Waals surface area contributed by atoms with Gasteiger partial charge in [0.1, 0.15) is 6.54 Å². The van der Waals surface area contributed by atoms with Crippen molar-refractivity contribution in [3.05, 3.63) is 11.7 Å². The maximum Gasteiger partial charge on any atom is 0.407 e. The smallest absolute Gasteiger partial charge is 0.407 e. The van der Waals surface area contributed by atoms with E-state index in [1.807, 2.05) is 0 Å². The van der Waals surface area contributed by atoms with Gasteiger partial charge in [0, 0.05) is 0 Å². The summed E-state index contributed by atoms with van der Waals surface area (Å²) in [4.78, 5) is 14.9. The van der Waals surface area contributed by atoms with Crippen LogP contribution in [0.25, 0.3) is 0 Å². The molecule has 0 bridgehead atoms. The van der Waals surface area contributed by atoms with E-state index in [2.05, 4.69) is 15.5 Å². The average Bonchev–Trinajstić information content (AvgIpc) is 2.47. The molecule has 0 fully saturated rings. The summed E-state index contributed by atoms with van der Waals surface area (Å²) in [6.45, 7) is 5.44. The molecule has 0 spiro atoms. The minimum Gasteiger partial charge on any atom is -0.447 e. The van der Waals surface area contributed by atoms with E-state index < -0.39 is 6.09 Å². The summed E-state index contributed by atoms with van der Waals surface area (Å²) in [7, 11) is 0.